The summed E-state index contributed by atoms with van der Waals surface area (Å²) in [5, 5.41) is 10.5. The van der Waals surface area contributed by atoms with Crippen molar-refractivity contribution in [1.29, 1.82) is 0 Å². The molecule has 21 heavy (non-hydrogen) atoms. The second-order valence-electron chi connectivity index (χ2n) is 5.63. The Balaban J connectivity index is 1.82. The van der Waals surface area contributed by atoms with E-state index in [1.54, 1.807) is 0 Å². The molecule has 1 heterocycles. The molecule has 0 amide bonds. The first-order valence-electron chi connectivity index (χ1n) is 7.32. The number of aliphatic hydroxyl groups excluding tert-OH is 1. The molecule has 0 unspecified atom stereocenters. The van der Waals surface area contributed by atoms with Crippen LogP contribution in [0.15, 0.2) is 60.5 Å². The van der Waals surface area contributed by atoms with Crippen LogP contribution >= 0.6 is 0 Å². The van der Waals surface area contributed by atoms with E-state index in [1.165, 1.54) is 11.3 Å². The third-order valence-electron chi connectivity index (χ3n) is 4.44. The summed E-state index contributed by atoms with van der Waals surface area (Å²) in [6, 6.07) is 16.7. The molecule has 2 aromatic rings. The molecule has 0 fully saturated rings. The maximum Gasteiger partial charge on any atom is 0.128 e. The largest absolute Gasteiger partial charge is 0.507 e. The Labute approximate surface area is 124 Å². The van der Waals surface area contributed by atoms with Crippen LogP contribution in [0.1, 0.15) is 23.6 Å². The van der Waals surface area contributed by atoms with Gasteiger partial charge in [0.05, 0.1) is 0 Å². The fraction of sp³-hybridized carbons (Fsp3) is 0.158. The predicted octanol–water partition coefficient (Wildman–Crippen LogP) is 4.39. The molecule has 2 aliphatic rings. The summed E-state index contributed by atoms with van der Waals surface area (Å²) in [6.45, 7) is 2.95. The van der Waals surface area contributed by atoms with E-state index in [4.69, 9.17) is 0 Å². The zero-order chi connectivity index (χ0) is 14.4. The number of benzene rings is 2. The summed E-state index contributed by atoms with van der Waals surface area (Å²) in [7, 11) is 0. The smallest absolute Gasteiger partial charge is 0.128 e. The first-order valence-corrected chi connectivity index (χ1v) is 7.32. The standard InChI is InChI=1S/C19H17NO/c1-13-15-7-3-4-8-16(15)17(19(13)21)12-20-11-10-14-6-2-5-9-18(14)20/h2-9,12,21H,10-11H2,1H3/b17-12+. The van der Waals surface area contributed by atoms with Crippen LogP contribution in [-0.2, 0) is 6.42 Å². The first-order chi connectivity index (χ1) is 10.3. The van der Waals surface area contributed by atoms with Gasteiger partial charge < -0.3 is 10.0 Å². The number of hydrogen-bond acceptors (Lipinski definition) is 2. The fourth-order valence-electron chi connectivity index (χ4n) is 3.29. The molecule has 2 nitrogen and oxygen atoms in total. The van der Waals surface area contributed by atoms with E-state index in [1.807, 2.05) is 19.1 Å². The minimum Gasteiger partial charge on any atom is -0.507 e. The summed E-state index contributed by atoms with van der Waals surface area (Å²) in [6.07, 6.45) is 3.15. The highest BCUT2D eigenvalue weighted by atomic mass is 16.3. The van der Waals surface area contributed by atoms with Crippen LogP contribution in [0.4, 0.5) is 5.69 Å². The van der Waals surface area contributed by atoms with E-state index in [0.29, 0.717) is 5.76 Å². The van der Waals surface area contributed by atoms with Gasteiger partial charge in [-0.25, -0.2) is 0 Å². The van der Waals surface area contributed by atoms with Gasteiger partial charge in [0.2, 0.25) is 0 Å². The Kier molecular flexibility index (Phi) is 2.64. The topological polar surface area (TPSA) is 23.5 Å². The van der Waals surface area contributed by atoms with Crippen LogP contribution in [0.2, 0.25) is 0 Å². The summed E-state index contributed by atoms with van der Waals surface area (Å²) >= 11 is 0. The second-order valence-corrected chi connectivity index (χ2v) is 5.63. The minimum atomic E-state index is 0.403. The molecular weight excluding hydrogens is 258 g/mol. The molecular formula is C19H17NO. The molecule has 0 aromatic heterocycles. The normalized spacial score (nSPS) is 18.3. The third-order valence-corrected chi connectivity index (χ3v) is 4.44. The Morgan fingerprint density at radius 2 is 1.71 bits per heavy atom. The minimum absolute atomic E-state index is 0.403. The average Bonchev–Trinajstić information content (AvgIpc) is 3.04. The number of fused-ring (bicyclic) bond motifs is 2. The van der Waals surface area contributed by atoms with Crippen molar-refractivity contribution >= 4 is 16.8 Å². The predicted molar refractivity (Wildman–Crippen MR) is 87.1 cm³/mol. The Morgan fingerprint density at radius 3 is 2.57 bits per heavy atom. The molecule has 0 saturated heterocycles. The lowest BCUT2D eigenvalue weighted by Gasteiger charge is -2.16. The van der Waals surface area contributed by atoms with E-state index in [0.717, 1.165) is 35.2 Å². The molecule has 104 valence electrons. The lowest BCUT2D eigenvalue weighted by atomic mass is 10.1. The van der Waals surface area contributed by atoms with E-state index < -0.39 is 0 Å². The van der Waals surface area contributed by atoms with Gasteiger partial charge in [-0.15, -0.1) is 0 Å². The van der Waals surface area contributed by atoms with Crippen molar-refractivity contribution in [2.24, 2.45) is 0 Å². The van der Waals surface area contributed by atoms with Crippen LogP contribution < -0.4 is 4.90 Å². The Bertz CT molecular complexity index is 786. The van der Waals surface area contributed by atoms with Crippen molar-refractivity contribution in [1.82, 2.24) is 0 Å². The molecule has 0 atom stereocenters. The Morgan fingerprint density at radius 1 is 1.00 bits per heavy atom. The number of anilines is 1. The first kappa shape index (κ1) is 12.3. The Hall–Kier alpha value is -2.48. The molecule has 0 radical (unpaired) electrons. The fourth-order valence-corrected chi connectivity index (χ4v) is 3.29. The number of hydrogen-bond donors (Lipinski definition) is 1. The number of para-hydroxylation sites is 1. The van der Waals surface area contributed by atoms with Crippen molar-refractivity contribution in [3.63, 3.8) is 0 Å². The highest BCUT2D eigenvalue weighted by molar-refractivity contribution is 5.98. The summed E-state index contributed by atoms with van der Waals surface area (Å²) in [4.78, 5) is 2.25. The molecule has 2 heteroatoms. The molecule has 2 aromatic carbocycles. The summed E-state index contributed by atoms with van der Waals surface area (Å²) in [5.74, 6) is 0.403. The van der Waals surface area contributed by atoms with E-state index in [-0.39, 0.29) is 0 Å². The van der Waals surface area contributed by atoms with Gasteiger partial charge in [0.15, 0.2) is 0 Å². The van der Waals surface area contributed by atoms with Crippen molar-refractivity contribution < 1.29 is 5.11 Å². The SMILES string of the molecule is CC1=C(O)/C(=C/N2CCc3ccccc32)c2ccccc21. The summed E-state index contributed by atoms with van der Waals surface area (Å²) < 4.78 is 0. The van der Waals surface area contributed by atoms with Gasteiger partial charge in [0, 0.05) is 24.0 Å². The van der Waals surface area contributed by atoms with Gasteiger partial charge in [0.25, 0.3) is 0 Å². The van der Waals surface area contributed by atoms with Crippen molar-refractivity contribution in [2.45, 2.75) is 13.3 Å². The van der Waals surface area contributed by atoms with E-state index >= 15 is 0 Å². The number of nitrogens with zero attached hydrogens (tertiary/aromatic N) is 1. The van der Waals surface area contributed by atoms with Crippen LogP contribution in [0, 0.1) is 0 Å². The van der Waals surface area contributed by atoms with Crippen molar-refractivity contribution in [2.75, 3.05) is 11.4 Å². The molecule has 1 aliphatic heterocycles. The molecule has 0 spiro atoms. The van der Waals surface area contributed by atoms with Crippen LogP contribution in [0.5, 0.6) is 0 Å². The van der Waals surface area contributed by atoms with Gasteiger partial charge in [0.1, 0.15) is 5.76 Å². The monoisotopic (exact) mass is 275 g/mol. The molecule has 4 rings (SSSR count). The summed E-state index contributed by atoms with van der Waals surface area (Å²) in [5.41, 5.74) is 6.77. The number of rotatable bonds is 1. The molecule has 0 saturated carbocycles. The van der Waals surface area contributed by atoms with Gasteiger partial charge in [-0.1, -0.05) is 42.5 Å². The van der Waals surface area contributed by atoms with Gasteiger partial charge in [-0.2, -0.15) is 0 Å². The third kappa shape index (κ3) is 1.79. The number of allylic oxidation sites excluding steroid dienone is 2. The second kappa shape index (κ2) is 4.52. The van der Waals surface area contributed by atoms with Crippen molar-refractivity contribution in [3.8, 4) is 0 Å². The van der Waals surface area contributed by atoms with Crippen LogP contribution in [0.3, 0.4) is 0 Å². The zero-order valence-corrected chi connectivity index (χ0v) is 12.0. The highest BCUT2D eigenvalue weighted by Crippen LogP contribution is 2.40. The van der Waals surface area contributed by atoms with E-state index in [9.17, 15) is 5.11 Å². The van der Waals surface area contributed by atoms with E-state index in [2.05, 4.69) is 47.5 Å². The molecule has 1 N–H and O–H groups in total. The number of aliphatic hydroxyl groups is 1. The highest BCUT2D eigenvalue weighted by Gasteiger charge is 2.25. The van der Waals surface area contributed by atoms with Crippen LogP contribution in [-0.4, -0.2) is 11.7 Å². The van der Waals surface area contributed by atoms with Crippen molar-refractivity contribution in [3.05, 3.63) is 77.2 Å². The van der Waals surface area contributed by atoms with Gasteiger partial charge >= 0.3 is 0 Å². The lowest BCUT2D eigenvalue weighted by molar-refractivity contribution is 0.442. The van der Waals surface area contributed by atoms with Gasteiger partial charge in [-0.3, -0.25) is 0 Å². The average molecular weight is 275 g/mol. The lowest BCUT2D eigenvalue weighted by Crippen LogP contribution is -2.13. The maximum absolute atomic E-state index is 10.5. The quantitative estimate of drug-likeness (QED) is 0.834. The van der Waals surface area contributed by atoms with Crippen LogP contribution in [0.25, 0.3) is 11.1 Å². The molecule has 0 bridgehead atoms. The molecule has 1 aliphatic carbocycles. The van der Waals surface area contributed by atoms with Gasteiger partial charge in [-0.05, 0) is 41.7 Å². The zero-order valence-electron chi connectivity index (χ0n) is 12.0. The maximum atomic E-state index is 10.5.